The van der Waals surface area contributed by atoms with Crippen LogP contribution in [0, 0.1) is 0 Å². The van der Waals surface area contributed by atoms with Crippen LogP contribution in [0.4, 0.5) is 0 Å². The lowest BCUT2D eigenvalue weighted by Crippen LogP contribution is -2.31. The Labute approximate surface area is 128 Å². The van der Waals surface area contributed by atoms with Gasteiger partial charge in [-0.05, 0) is 29.7 Å². The molecule has 2 aromatic rings. The molecular formula is C16H18ClNOS. The summed E-state index contributed by atoms with van der Waals surface area (Å²) in [7, 11) is 0. The van der Waals surface area contributed by atoms with Gasteiger partial charge in [-0.2, -0.15) is 0 Å². The molecule has 1 aromatic heterocycles. The molecule has 1 aromatic carbocycles. The highest BCUT2D eigenvalue weighted by Crippen LogP contribution is 2.36. The second-order valence-electron chi connectivity index (χ2n) is 5.22. The lowest BCUT2D eigenvalue weighted by atomic mass is 10.1. The van der Waals surface area contributed by atoms with E-state index in [9.17, 15) is 5.11 Å². The van der Waals surface area contributed by atoms with Crippen molar-refractivity contribution in [3.05, 3.63) is 56.7 Å². The third kappa shape index (κ3) is 2.63. The van der Waals surface area contributed by atoms with Gasteiger partial charge in [-0.15, -0.1) is 11.3 Å². The number of nitrogens with one attached hydrogen (secondary N) is 1. The molecule has 0 aliphatic heterocycles. The molecule has 20 heavy (non-hydrogen) atoms. The van der Waals surface area contributed by atoms with E-state index in [4.69, 9.17) is 11.6 Å². The van der Waals surface area contributed by atoms with Gasteiger partial charge < -0.3 is 10.4 Å². The van der Waals surface area contributed by atoms with Gasteiger partial charge in [-0.25, -0.2) is 0 Å². The normalized spacial score (nSPS) is 22.8. The maximum Gasteiger partial charge on any atom is 0.0931 e. The van der Waals surface area contributed by atoms with E-state index in [-0.39, 0.29) is 18.2 Å². The summed E-state index contributed by atoms with van der Waals surface area (Å²) in [5, 5.41) is 13.9. The summed E-state index contributed by atoms with van der Waals surface area (Å²) in [5.74, 6) is 0. The van der Waals surface area contributed by atoms with Crippen molar-refractivity contribution in [2.75, 3.05) is 0 Å². The predicted octanol–water partition coefficient (Wildman–Crippen LogP) is 4.10. The number of hydrogen-bond donors (Lipinski definition) is 2. The van der Waals surface area contributed by atoms with Crippen molar-refractivity contribution in [1.29, 1.82) is 0 Å². The first-order valence-corrected chi connectivity index (χ1v) is 8.15. The van der Waals surface area contributed by atoms with Crippen LogP contribution in [-0.2, 0) is 6.42 Å². The summed E-state index contributed by atoms with van der Waals surface area (Å²) in [6, 6.07) is 12.5. The molecule has 2 nitrogen and oxygen atoms in total. The molecule has 3 unspecified atom stereocenters. The Hall–Kier alpha value is -0.870. The highest BCUT2D eigenvalue weighted by atomic mass is 35.5. The summed E-state index contributed by atoms with van der Waals surface area (Å²) in [5.41, 5.74) is 2.47. The molecule has 0 fully saturated rings. The molecule has 0 saturated carbocycles. The zero-order valence-electron chi connectivity index (χ0n) is 11.3. The van der Waals surface area contributed by atoms with Gasteiger partial charge >= 0.3 is 0 Å². The molecule has 1 aliphatic rings. The number of halogens is 1. The lowest BCUT2D eigenvalue weighted by Gasteiger charge is -2.24. The van der Waals surface area contributed by atoms with E-state index >= 15 is 0 Å². The summed E-state index contributed by atoms with van der Waals surface area (Å²) in [4.78, 5) is 1.23. The summed E-state index contributed by atoms with van der Waals surface area (Å²) in [6.07, 6.45) is 1.36. The first-order chi connectivity index (χ1) is 9.69. The standard InChI is InChI=1S/C16H18ClNOS/c1-2-12(14-7-8-15(17)20-14)18-16-11-6-4-3-5-10(11)9-13(16)19/h3-8,12-13,16,18-19H,2,9H2,1H3. The van der Waals surface area contributed by atoms with E-state index in [1.807, 2.05) is 18.2 Å². The number of aliphatic hydroxyl groups is 1. The average Bonchev–Trinajstić information content (AvgIpc) is 3.00. The van der Waals surface area contributed by atoms with Crippen LogP contribution in [0.1, 0.15) is 41.4 Å². The Morgan fingerprint density at radius 3 is 2.85 bits per heavy atom. The van der Waals surface area contributed by atoms with E-state index in [1.165, 1.54) is 16.0 Å². The molecule has 0 amide bonds. The molecule has 106 valence electrons. The number of aliphatic hydroxyl groups excluding tert-OH is 1. The van der Waals surface area contributed by atoms with Crippen molar-refractivity contribution in [1.82, 2.24) is 5.32 Å². The molecule has 0 saturated heterocycles. The molecule has 2 N–H and O–H groups in total. The number of thiophene rings is 1. The molecule has 0 radical (unpaired) electrons. The molecule has 0 spiro atoms. The van der Waals surface area contributed by atoms with Gasteiger partial charge in [0.05, 0.1) is 16.5 Å². The van der Waals surface area contributed by atoms with Crippen molar-refractivity contribution >= 4 is 22.9 Å². The fraction of sp³-hybridized carbons (Fsp3) is 0.375. The molecule has 1 aliphatic carbocycles. The lowest BCUT2D eigenvalue weighted by molar-refractivity contribution is 0.134. The van der Waals surface area contributed by atoms with E-state index in [1.54, 1.807) is 11.3 Å². The first kappa shape index (κ1) is 14.1. The van der Waals surface area contributed by atoms with Gasteiger partial charge in [0.15, 0.2) is 0 Å². The molecule has 3 rings (SSSR count). The van der Waals surface area contributed by atoms with Crippen LogP contribution in [0.25, 0.3) is 0 Å². The van der Waals surface area contributed by atoms with E-state index in [2.05, 4.69) is 30.4 Å². The molecule has 1 heterocycles. The third-order valence-electron chi connectivity index (χ3n) is 3.93. The first-order valence-electron chi connectivity index (χ1n) is 6.96. The van der Waals surface area contributed by atoms with Gasteiger partial charge in [-0.1, -0.05) is 42.8 Å². The average molecular weight is 308 g/mol. The highest BCUT2D eigenvalue weighted by molar-refractivity contribution is 7.16. The summed E-state index contributed by atoms with van der Waals surface area (Å²) < 4.78 is 0.813. The summed E-state index contributed by atoms with van der Waals surface area (Å²) in [6.45, 7) is 2.15. The molecule has 4 heteroatoms. The topological polar surface area (TPSA) is 32.3 Å². The van der Waals surface area contributed by atoms with Crippen LogP contribution in [0.2, 0.25) is 4.34 Å². The van der Waals surface area contributed by atoms with Crippen LogP contribution in [0.5, 0.6) is 0 Å². The van der Waals surface area contributed by atoms with Crippen LogP contribution in [0.15, 0.2) is 36.4 Å². The Bertz CT molecular complexity index is 598. The van der Waals surface area contributed by atoms with Crippen molar-refractivity contribution in [2.45, 2.75) is 38.0 Å². The number of hydrogen-bond acceptors (Lipinski definition) is 3. The fourth-order valence-electron chi connectivity index (χ4n) is 2.91. The number of benzene rings is 1. The van der Waals surface area contributed by atoms with E-state index in [0.717, 1.165) is 17.2 Å². The van der Waals surface area contributed by atoms with E-state index in [0.29, 0.717) is 0 Å². The van der Waals surface area contributed by atoms with Crippen LogP contribution in [0.3, 0.4) is 0 Å². The van der Waals surface area contributed by atoms with Crippen LogP contribution < -0.4 is 5.32 Å². The SMILES string of the molecule is CCC(NC1c2ccccc2CC1O)c1ccc(Cl)s1. The third-order valence-corrected chi connectivity index (χ3v) is 5.28. The minimum atomic E-state index is -0.350. The second-order valence-corrected chi connectivity index (χ2v) is 6.96. The Kier molecular flexibility index (Phi) is 4.13. The maximum atomic E-state index is 10.3. The van der Waals surface area contributed by atoms with E-state index < -0.39 is 0 Å². The smallest absolute Gasteiger partial charge is 0.0931 e. The highest BCUT2D eigenvalue weighted by Gasteiger charge is 2.32. The second kappa shape index (κ2) is 5.86. The minimum absolute atomic E-state index is 0.0111. The molecule has 3 atom stereocenters. The minimum Gasteiger partial charge on any atom is -0.391 e. The monoisotopic (exact) mass is 307 g/mol. The van der Waals surface area contributed by atoms with Crippen molar-refractivity contribution in [3.8, 4) is 0 Å². The maximum absolute atomic E-state index is 10.3. The molecular weight excluding hydrogens is 290 g/mol. The van der Waals surface area contributed by atoms with Gasteiger partial charge in [0.2, 0.25) is 0 Å². The fourth-order valence-corrected chi connectivity index (χ4v) is 4.11. The molecule has 0 bridgehead atoms. The number of fused-ring (bicyclic) bond motifs is 1. The van der Waals surface area contributed by atoms with Crippen molar-refractivity contribution < 1.29 is 5.11 Å². The van der Waals surface area contributed by atoms with Gasteiger partial charge in [0, 0.05) is 17.3 Å². The number of rotatable bonds is 4. The zero-order valence-corrected chi connectivity index (χ0v) is 12.9. The van der Waals surface area contributed by atoms with Gasteiger partial charge in [-0.3, -0.25) is 0 Å². The van der Waals surface area contributed by atoms with Crippen molar-refractivity contribution in [3.63, 3.8) is 0 Å². The predicted molar refractivity (Wildman–Crippen MR) is 84.4 cm³/mol. The van der Waals surface area contributed by atoms with Gasteiger partial charge in [0.25, 0.3) is 0 Å². The van der Waals surface area contributed by atoms with Crippen molar-refractivity contribution in [2.24, 2.45) is 0 Å². The zero-order chi connectivity index (χ0) is 14.1. The Morgan fingerprint density at radius 2 is 2.15 bits per heavy atom. The largest absolute Gasteiger partial charge is 0.391 e. The van der Waals surface area contributed by atoms with Crippen LogP contribution in [-0.4, -0.2) is 11.2 Å². The van der Waals surface area contributed by atoms with Gasteiger partial charge in [0.1, 0.15) is 0 Å². The van der Waals surface area contributed by atoms with Crippen LogP contribution >= 0.6 is 22.9 Å². The summed E-state index contributed by atoms with van der Waals surface area (Å²) >= 11 is 7.64. The Morgan fingerprint density at radius 1 is 1.35 bits per heavy atom. The Balaban J connectivity index is 1.83. The quantitative estimate of drug-likeness (QED) is 0.891.